The zero-order valence-corrected chi connectivity index (χ0v) is 21.9. The summed E-state index contributed by atoms with van der Waals surface area (Å²) < 4.78 is 76.3. The number of fused-ring (bicyclic) bond motifs is 2. The zero-order valence-electron chi connectivity index (χ0n) is 21.0. The van der Waals surface area contributed by atoms with Crippen molar-refractivity contribution in [1.29, 1.82) is 0 Å². The molecule has 0 spiro atoms. The minimum absolute atomic E-state index is 0.0465. The van der Waals surface area contributed by atoms with Gasteiger partial charge in [-0.1, -0.05) is 0 Å². The molecule has 2 fully saturated rings. The number of aromatic nitrogens is 1. The van der Waals surface area contributed by atoms with E-state index in [0.717, 1.165) is 4.90 Å². The Hall–Kier alpha value is -3.59. The van der Waals surface area contributed by atoms with Crippen molar-refractivity contribution in [2.75, 3.05) is 38.1 Å². The van der Waals surface area contributed by atoms with Crippen LogP contribution in [0.1, 0.15) is 22.5 Å². The lowest BCUT2D eigenvalue weighted by atomic mass is 9.93. The van der Waals surface area contributed by atoms with Gasteiger partial charge in [0.1, 0.15) is 10.7 Å². The predicted octanol–water partition coefficient (Wildman–Crippen LogP) is 1.09. The van der Waals surface area contributed by atoms with Crippen molar-refractivity contribution in [1.82, 2.24) is 19.1 Å². The normalized spacial score (nSPS) is 23.3. The summed E-state index contributed by atoms with van der Waals surface area (Å²) in [5, 5.41) is 2.61. The first-order chi connectivity index (χ1) is 18.3. The van der Waals surface area contributed by atoms with Gasteiger partial charge in [0, 0.05) is 44.0 Å². The Balaban J connectivity index is 1.36. The first kappa shape index (κ1) is 27.0. The molecule has 3 amide bonds. The summed E-state index contributed by atoms with van der Waals surface area (Å²) in [6, 6.07) is 3.36. The molecule has 3 aliphatic rings. The van der Waals surface area contributed by atoms with Gasteiger partial charge in [-0.15, -0.1) is 0 Å². The van der Waals surface area contributed by atoms with Crippen molar-refractivity contribution < 1.29 is 40.7 Å². The van der Waals surface area contributed by atoms with Crippen LogP contribution in [-0.2, 0) is 26.7 Å². The fourth-order valence-electron chi connectivity index (χ4n) is 5.00. The number of ether oxygens (including phenoxy) is 1. The molecule has 3 aliphatic heterocycles. The summed E-state index contributed by atoms with van der Waals surface area (Å²) in [7, 11) is -2.68. The van der Waals surface area contributed by atoms with Gasteiger partial charge in [-0.25, -0.2) is 26.3 Å². The SMILES string of the molecule is Cc1cc(NC(=O)c2c3c(cn2C)S(=O)(=O)NC2CCN(C(=O)C(=O)N4CC(F)(F)C4)CC2CO3)ccc1F. The number of anilines is 1. The van der Waals surface area contributed by atoms with Crippen LogP contribution >= 0.6 is 0 Å². The lowest BCUT2D eigenvalue weighted by Crippen LogP contribution is -2.63. The maximum absolute atomic E-state index is 13.6. The highest BCUT2D eigenvalue weighted by Gasteiger charge is 2.49. The van der Waals surface area contributed by atoms with E-state index < -0.39 is 64.5 Å². The highest BCUT2D eigenvalue weighted by atomic mass is 32.2. The summed E-state index contributed by atoms with van der Waals surface area (Å²) in [5.74, 6) is -6.90. The van der Waals surface area contributed by atoms with Crippen molar-refractivity contribution in [3.8, 4) is 5.75 Å². The molecule has 2 N–H and O–H groups in total. The number of carbonyl (C=O) groups is 3. The molecule has 5 rings (SSSR count). The number of hydrogen-bond acceptors (Lipinski definition) is 6. The number of nitrogens with zero attached hydrogens (tertiary/aromatic N) is 3. The Morgan fingerprint density at radius 1 is 1.15 bits per heavy atom. The Bertz CT molecular complexity index is 1470. The second-order valence-electron chi connectivity index (χ2n) is 10.1. The van der Waals surface area contributed by atoms with Crippen LogP contribution in [-0.4, -0.2) is 85.3 Å². The lowest BCUT2D eigenvalue weighted by molar-refractivity contribution is -0.174. The Kier molecular flexibility index (Phi) is 6.61. The first-order valence-electron chi connectivity index (χ1n) is 12.1. The van der Waals surface area contributed by atoms with Gasteiger partial charge in [-0.05, 0) is 37.1 Å². The molecule has 1 aromatic heterocycles. The number of rotatable bonds is 2. The molecule has 210 valence electrons. The Morgan fingerprint density at radius 3 is 2.51 bits per heavy atom. The number of benzene rings is 1. The summed E-state index contributed by atoms with van der Waals surface area (Å²) in [6.07, 6.45) is 1.42. The van der Waals surface area contributed by atoms with E-state index in [9.17, 15) is 36.0 Å². The number of carbonyl (C=O) groups excluding carboxylic acids is 3. The topological polar surface area (TPSA) is 130 Å². The van der Waals surface area contributed by atoms with Gasteiger partial charge in [0.05, 0.1) is 19.7 Å². The molecule has 2 aromatic rings. The quantitative estimate of drug-likeness (QED) is 0.521. The number of likely N-dealkylation sites (tertiary alicyclic amines) is 2. The maximum atomic E-state index is 13.6. The number of sulfonamides is 1. The average Bonchev–Trinajstić information content (AvgIpc) is 3.19. The fourth-order valence-corrected chi connectivity index (χ4v) is 6.54. The second kappa shape index (κ2) is 9.55. The van der Waals surface area contributed by atoms with Gasteiger partial charge in [-0.3, -0.25) is 14.4 Å². The van der Waals surface area contributed by atoms with Crippen LogP contribution < -0.4 is 14.8 Å². The summed E-state index contributed by atoms with van der Waals surface area (Å²) >= 11 is 0. The minimum atomic E-state index is -4.16. The molecule has 39 heavy (non-hydrogen) atoms. The van der Waals surface area contributed by atoms with Gasteiger partial charge < -0.3 is 24.4 Å². The third-order valence-corrected chi connectivity index (χ3v) is 8.59. The zero-order chi connectivity index (χ0) is 28.3. The van der Waals surface area contributed by atoms with Gasteiger partial charge >= 0.3 is 11.8 Å². The molecule has 0 radical (unpaired) electrons. The van der Waals surface area contributed by atoms with E-state index in [1.165, 1.54) is 47.8 Å². The summed E-state index contributed by atoms with van der Waals surface area (Å²) in [5.41, 5.74) is 0.516. The van der Waals surface area contributed by atoms with E-state index in [1.807, 2.05) is 0 Å². The molecular weight excluding hydrogens is 543 g/mol. The third-order valence-electron chi connectivity index (χ3n) is 7.11. The number of amides is 3. The summed E-state index contributed by atoms with van der Waals surface area (Å²) in [6.45, 7) is -0.213. The number of nitrogens with one attached hydrogen (secondary N) is 2. The minimum Gasteiger partial charge on any atom is -0.489 e. The first-order valence-corrected chi connectivity index (χ1v) is 13.6. The summed E-state index contributed by atoms with van der Waals surface area (Å²) in [4.78, 5) is 39.9. The number of aryl methyl sites for hydroxylation is 2. The van der Waals surface area contributed by atoms with Gasteiger partial charge in [0.15, 0.2) is 11.4 Å². The highest BCUT2D eigenvalue weighted by Crippen LogP contribution is 2.35. The molecule has 2 atom stereocenters. The second-order valence-corrected chi connectivity index (χ2v) is 11.7. The Labute approximate surface area is 221 Å². The van der Waals surface area contributed by atoms with Crippen LogP contribution in [0.25, 0.3) is 0 Å². The van der Waals surface area contributed by atoms with Crippen LogP contribution in [0, 0.1) is 18.7 Å². The standard InChI is InChI=1S/C24H26F3N5O6S/c1-13-7-15(3-4-16(13)25)28-21(33)19-20-18(9-30(19)2)39(36,37)29-17-5-6-31(8-14(17)10-38-20)22(34)23(35)32-11-24(26,27)12-32/h3-4,7,9,14,17,29H,5-6,8,10-12H2,1-2H3,(H,28,33). The number of hydrogen-bond donors (Lipinski definition) is 2. The predicted molar refractivity (Wildman–Crippen MR) is 130 cm³/mol. The van der Waals surface area contributed by atoms with E-state index in [0.29, 0.717) is 11.3 Å². The van der Waals surface area contributed by atoms with E-state index in [2.05, 4.69) is 10.0 Å². The fraction of sp³-hybridized carbons (Fsp3) is 0.458. The van der Waals surface area contributed by atoms with E-state index in [4.69, 9.17) is 4.74 Å². The average molecular weight is 570 g/mol. The van der Waals surface area contributed by atoms with Crippen LogP contribution in [0.4, 0.5) is 18.9 Å². The monoisotopic (exact) mass is 569 g/mol. The van der Waals surface area contributed by atoms with Crippen LogP contribution in [0.5, 0.6) is 5.75 Å². The Morgan fingerprint density at radius 2 is 1.85 bits per heavy atom. The van der Waals surface area contributed by atoms with Crippen LogP contribution in [0.15, 0.2) is 29.3 Å². The molecule has 0 bridgehead atoms. The maximum Gasteiger partial charge on any atom is 0.312 e. The van der Waals surface area contributed by atoms with Crippen molar-refractivity contribution in [3.63, 3.8) is 0 Å². The molecule has 2 unspecified atom stereocenters. The van der Waals surface area contributed by atoms with E-state index in [1.54, 1.807) is 0 Å². The van der Waals surface area contributed by atoms with E-state index in [-0.39, 0.29) is 42.5 Å². The molecular formula is C24H26F3N5O6S. The number of piperidine rings is 1. The molecule has 0 aliphatic carbocycles. The number of halogens is 3. The molecule has 1 aromatic carbocycles. The van der Waals surface area contributed by atoms with Gasteiger partial charge in [0.2, 0.25) is 10.0 Å². The van der Waals surface area contributed by atoms with E-state index >= 15 is 0 Å². The van der Waals surface area contributed by atoms with Gasteiger partial charge in [0.25, 0.3) is 11.8 Å². The van der Waals surface area contributed by atoms with Crippen molar-refractivity contribution >= 4 is 33.4 Å². The third kappa shape index (κ3) is 5.07. The highest BCUT2D eigenvalue weighted by molar-refractivity contribution is 7.89. The largest absolute Gasteiger partial charge is 0.489 e. The van der Waals surface area contributed by atoms with Crippen LogP contribution in [0.3, 0.4) is 0 Å². The lowest BCUT2D eigenvalue weighted by Gasteiger charge is -2.42. The van der Waals surface area contributed by atoms with Gasteiger partial charge in [-0.2, -0.15) is 0 Å². The van der Waals surface area contributed by atoms with Crippen molar-refractivity contribution in [2.45, 2.75) is 30.2 Å². The number of alkyl halides is 2. The van der Waals surface area contributed by atoms with Crippen LogP contribution in [0.2, 0.25) is 0 Å². The van der Waals surface area contributed by atoms with Crippen molar-refractivity contribution in [2.24, 2.45) is 13.0 Å². The molecule has 4 heterocycles. The molecule has 15 heteroatoms. The molecule has 2 saturated heterocycles. The molecule has 11 nitrogen and oxygen atoms in total. The van der Waals surface area contributed by atoms with Crippen molar-refractivity contribution in [3.05, 3.63) is 41.5 Å². The smallest absolute Gasteiger partial charge is 0.312 e. The molecule has 0 saturated carbocycles.